The van der Waals surface area contributed by atoms with Gasteiger partial charge in [-0.1, -0.05) is 0 Å². The normalized spacial score (nSPS) is 12.9. The summed E-state index contributed by atoms with van der Waals surface area (Å²) in [7, 11) is 1.84. The van der Waals surface area contributed by atoms with E-state index >= 15 is 0 Å². The van der Waals surface area contributed by atoms with E-state index in [9.17, 15) is 0 Å². The number of hydrazine groups is 1. The van der Waals surface area contributed by atoms with E-state index in [0.717, 1.165) is 11.3 Å². The number of hydrogen-bond acceptors (Lipinski definition) is 5. The number of aromatic nitrogens is 4. The molecule has 1 unspecified atom stereocenters. The van der Waals surface area contributed by atoms with Crippen LogP contribution in [0.25, 0.3) is 0 Å². The molecule has 0 bridgehead atoms. The standard InChI is InChI=1S/C8H13N7/c1-15-6(2-3-12-15)7(13-10)5-4-11-14-8(5)9/h2-4,7,13H,10H2,1H3,(H3,9,11,14). The van der Waals surface area contributed by atoms with E-state index in [-0.39, 0.29) is 6.04 Å². The van der Waals surface area contributed by atoms with Crippen LogP contribution in [0.2, 0.25) is 0 Å². The first-order valence-corrected chi connectivity index (χ1v) is 4.46. The molecule has 7 nitrogen and oxygen atoms in total. The van der Waals surface area contributed by atoms with Gasteiger partial charge in [-0.25, -0.2) is 5.43 Å². The zero-order chi connectivity index (χ0) is 10.8. The van der Waals surface area contributed by atoms with Gasteiger partial charge in [-0.05, 0) is 6.07 Å². The molecule has 0 radical (unpaired) electrons. The van der Waals surface area contributed by atoms with Crippen LogP contribution in [0.5, 0.6) is 0 Å². The fourth-order valence-corrected chi connectivity index (χ4v) is 1.54. The number of hydrogen-bond donors (Lipinski definition) is 4. The molecule has 2 aromatic rings. The van der Waals surface area contributed by atoms with E-state index in [1.807, 2.05) is 13.1 Å². The van der Waals surface area contributed by atoms with E-state index in [4.69, 9.17) is 11.6 Å². The Hall–Kier alpha value is -1.86. The van der Waals surface area contributed by atoms with Gasteiger partial charge in [0.05, 0.1) is 17.9 Å². The first-order chi connectivity index (χ1) is 7.24. The highest BCUT2D eigenvalue weighted by atomic mass is 15.3. The highest BCUT2D eigenvalue weighted by Gasteiger charge is 2.19. The van der Waals surface area contributed by atoms with Gasteiger partial charge in [0.2, 0.25) is 0 Å². The summed E-state index contributed by atoms with van der Waals surface area (Å²) in [6, 6.07) is 1.66. The monoisotopic (exact) mass is 207 g/mol. The highest BCUT2D eigenvalue weighted by Crippen LogP contribution is 2.23. The van der Waals surface area contributed by atoms with Gasteiger partial charge in [-0.15, -0.1) is 0 Å². The Labute approximate surface area is 86.4 Å². The molecule has 80 valence electrons. The average Bonchev–Trinajstić information content (AvgIpc) is 2.80. The van der Waals surface area contributed by atoms with Gasteiger partial charge >= 0.3 is 0 Å². The third-order valence-electron chi connectivity index (χ3n) is 2.33. The zero-order valence-corrected chi connectivity index (χ0v) is 8.31. The summed E-state index contributed by atoms with van der Waals surface area (Å²) in [5, 5.41) is 10.6. The molecule has 0 fully saturated rings. The summed E-state index contributed by atoms with van der Waals surface area (Å²) in [5.74, 6) is 6.00. The zero-order valence-electron chi connectivity index (χ0n) is 8.31. The SMILES string of the molecule is Cn1nccc1C(NN)c1cn[nH]c1N. The first kappa shape index (κ1) is 9.69. The molecule has 2 aromatic heterocycles. The number of aromatic amines is 1. The van der Waals surface area contributed by atoms with Crippen LogP contribution in [0, 0.1) is 0 Å². The number of nitrogens with one attached hydrogen (secondary N) is 2. The van der Waals surface area contributed by atoms with Gasteiger partial charge in [0.15, 0.2) is 0 Å². The Morgan fingerprint density at radius 2 is 2.40 bits per heavy atom. The number of rotatable bonds is 3. The van der Waals surface area contributed by atoms with Crippen LogP contribution in [0.1, 0.15) is 17.3 Å². The highest BCUT2D eigenvalue weighted by molar-refractivity contribution is 5.42. The molecule has 0 saturated heterocycles. The molecule has 6 N–H and O–H groups in total. The Morgan fingerprint density at radius 3 is 2.87 bits per heavy atom. The number of nitrogens with zero attached hydrogens (tertiary/aromatic N) is 3. The molecule has 0 aliphatic rings. The third kappa shape index (κ3) is 1.58. The second-order valence-electron chi connectivity index (χ2n) is 3.22. The largest absolute Gasteiger partial charge is 0.384 e. The van der Waals surface area contributed by atoms with Gasteiger partial charge in [-0.3, -0.25) is 15.6 Å². The number of aryl methyl sites for hydroxylation is 1. The van der Waals surface area contributed by atoms with Crippen molar-refractivity contribution in [2.24, 2.45) is 12.9 Å². The summed E-state index contributed by atoms with van der Waals surface area (Å²) in [6.45, 7) is 0. The average molecular weight is 207 g/mol. The van der Waals surface area contributed by atoms with Crippen LogP contribution in [0.3, 0.4) is 0 Å². The van der Waals surface area contributed by atoms with Crippen molar-refractivity contribution in [2.45, 2.75) is 6.04 Å². The molecule has 7 heteroatoms. The van der Waals surface area contributed by atoms with Gasteiger partial charge in [-0.2, -0.15) is 10.2 Å². The van der Waals surface area contributed by atoms with Gasteiger partial charge in [0, 0.05) is 18.8 Å². The van der Waals surface area contributed by atoms with E-state index in [2.05, 4.69) is 20.7 Å². The van der Waals surface area contributed by atoms with Crippen LogP contribution in [0.4, 0.5) is 5.82 Å². The molecule has 0 aromatic carbocycles. The van der Waals surface area contributed by atoms with Crippen molar-refractivity contribution >= 4 is 5.82 Å². The van der Waals surface area contributed by atoms with Gasteiger partial charge < -0.3 is 5.73 Å². The predicted octanol–water partition coefficient (Wildman–Crippen LogP) is -0.722. The number of anilines is 1. The minimum Gasteiger partial charge on any atom is -0.384 e. The van der Waals surface area contributed by atoms with E-state index in [1.54, 1.807) is 17.1 Å². The Balaban J connectivity index is 2.41. The van der Waals surface area contributed by atoms with Crippen LogP contribution >= 0.6 is 0 Å². The molecule has 0 saturated carbocycles. The van der Waals surface area contributed by atoms with Crippen molar-refractivity contribution in [3.05, 3.63) is 29.7 Å². The van der Waals surface area contributed by atoms with Crippen LogP contribution in [-0.4, -0.2) is 20.0 Å². The lowest BCUT2D eigenvalue weighted by molar-refractivity contribution is 0.576. The van der Waals surface area contributed by atoms with Crippen LogP contribution in [0.15, 0.2) is 18.5 Å². The quantitative estimate of drug-likeness (QED) is 0.392. The summed E-state index contributed by atoms with van der Waals surface area (Å²) < 4.78 is 1.73. The smallest absolute Gasteiger partial charge is 0.124 e. The van der Waals surface area contributed by atoms with E-state index in [1.165, 1.54) is 0 Å². The van der Waals surface area contributed by atoms with Crippen LogP contribution < -0.4 is 17.0 Å². The van der Waals surface area contributed by atoms with Crippen molar-refractivity contribution in [2.75, 3.05) is 5.73 Å². The molecule has 0 aliphatic carbocycles. The molecular formula is C8H13N7. The Bertz CT molecular complexity index is 403. The number of nitrogen functional groups attached to an aromatic ring is 1. The Morgan fingerprint density at radius 1 is 1.60 bits per heavy atom. The van der Waals surface area contributed by atoms with Crippen molar-refractivity contribution in [3.63, 3.8) is 0 Å². The maximum atomic E-state index is 5.73. The summed E-state index contributed by atoms with van der Waals surface area (Å²) in [4.78, 5) is 0. The van der Waals surface area contributed by atoms with Crippen molar-refractivity contribution in [1.29, 1.82) is 0 Å². The van der Waals surface area contributed by atoms with Crippen LogP contribution in [-0.2, 0) is 7.05 Å². The molecule has 2 heterocycles. The molecule has 0 spiro atoms. The van der Waals surface area contributed by atoms with Crippen molar-refractivity contribution < 1.29 is 0 Å². The van der Waals surface area contributed by atoms with Crippen molar-refractivity contribution in [1.82, 2.24) is 25.4 Å². The maximum absolute atomic E-state index is 5.73. The summed E-state index contributed by atoms with van der Waals surface area (Å²) in [5.41, 5.74) is 10.1. The second kappa shape index (κ2) is 3.71. The summed E-state index contributed by atoms with van der Waals surface area (Å²) in [6.07, 6.45) is 3.35. The van der Waals surface area contributed by atoms with Gasteiger partial charge in [0.1, 0.15) is 5.82 Å². The predicted molar refractivity (Wildman–Crippen MR) is 55.4 cm³/mol. The lowest BCUT2D eigenvalue weighted by Crippen LogP contribution is -2.30. The molecule has 15 heavy (non-hydrogen) atoms. The molecule has 2 rings (SSSR count). The summed E-state index contributed by atoms with van der Waals surface area (Å²) >= 11 is 0. The molecular weight excluding hydrogens is 194 g/mol. The van der Waals surface area contributed by atoms with E-state index < -0.39 is 0 Å². The molecule has 0 aliphatic heterocycles. The topological polar surface area (TPSA) is 111 Å². The lowest BCUT2D eigenvalue weighted by Gasteiger charge is -2.15. The maximum Gasteiger partial charge on any atom is 0.124 e. The lowest BCUT2D eigenvalue weighted by atomic mass is 10.1. The fourth-order valence-electron chi connectivity index (χ4n) is 1.54. The Kier molecular flexibility index (Phi) is 2.40. The minimum atomic E-state index is -0.212. The number of nitrogens with two attached hydrogens (primary N) is 2. The fraction of sp³-hybridized carbons (Fsp3) is 0.250. The van der Waals surface area contributed by atoms with Crippen molar-refractivity contribution in [3.8, 4) is 0 Å². The van der Waals surface area contributed by atoms with Gasteiger partial charge in [0.25, 0.3) is 0 Å². The van der Waals surface area contributed by atoms with E-state index in [0.29, 0.717) is 5.82 Å². The molecule has 1 atom stereocenters. The second-order valence-corrected chi connectivity index (χ2v) is 3.22. The molecule has 0 amide bonds. The minimum absolute atomic E-state index is 0.212. The first-order valence-electron chi connectivity index (χ1n) is 4.46. The number of H-pyrrole nitrogens is 1. The third-order valence-corrected chi connectivity index (χ3v) is 2.33.